The van der Waals surface area contributed by atoms with E-state index in [1.165, 1.54) is 5.56 Å². The Morgan fingerprint density at radius 1 is 1.14 bits per heavy atom. The minimum atomic E-state index is -0.242. The van der Waals surface area contributed by atoms with Crippen LogP contribution in [0.4, 0.5) is 0 Å². The molecule has 2 radical (unpaired) electrons. The molecule has 0 saturated carbocycles. The van der Waals surface area contributed by atoms with Crippen LogP contribution < -0.4 is 11.0 Å². The maximum Gasteiger partial charge on any atom is 0.294 e. The van der Waals surface area contributed by atoms with Crippen LogP contribution in [0, 0.1) is 0 Å². The normalized spacial score (nSPS) is 16.1. The second-order valence-corrected chi connectivity index (χ2v) is 7.51. The Bertz CT molecular complexity index is 1190. The largest absolute Gasteiger partial charge is 0.449 e. The Kier molecular flexibility index (Phi) is 4.28. The van der Waals surface area contributed by atoms with Gasteiger partial charge in [-0.05, 0) is 43.5 Å². The van der Waals surface area contributed by atoms with E-state index in [2.05, 4.69) is 40.2 Å². The van der Waals surface area contributed by atoms with Gasteiger partial charge < -0.3 is 9.40 Å². The number of furan rings is 1. The summed E-state index contributed by atoms with van der Waals surface area (Å²) in [6.07, 6.45) is 2.23. The summed E-state index contributed by atoms with van der Waals surface area (Å²) in [6.45, 7) is 2.60. The Balaban J connectivity index is 1.38. The minimum Gasteiger partial charge on any atom is -0.449 e. The van der Waals surface area contributed by atoms with Crippen LogP contribution in [0.25, 0.3) is 22.1 Å². The smallest absolute Gasteiger partial charge is 0.294 e. The molecule has 28 heavy (non-hydrogen) atoms. The molecular formula is C22H20BN3O2. The molecule has 0 bridgehead atoms. The number of benzene rings is 2. The number of fused-ring (bicyclic) bond motifs is 3. The molecule has 1 fully saturated rings. The van der Waals surface area contributed by atoms with Crippen LogP contribution in [0.2, 0.25) is 0 Å². The van der Waals surface area contributed by atoms with Crippen molar-refractivity contribution in [2.24, 2.45) is 0 Å². The molecule has 138 valence electrons. The Hall–Kier alpha value is -2.86. The standard InChI is InChI=1S/C22H20BN3O2/c23-16-6-7-18-17(12-16)20-21(28-18)22(27)25-19(24-20)13-26-10-8-15(9-11-26)14-4-2-1-3-5-14/h1-7,12,15H,8-11,13H2,(H,24,25,27). The molecule has 2 aromatic carbocycles. The van der Waals surface area contributed by atoms with Gasteiger partial charge in [0.25, 0.3) is 5.56 Å². The second kappa shape index (κ2) is 6.95. The van der Waals surface area contributed by atoms with Gasteiger partial charge in [-0.15, -0.1) is 0 Å². The third-order valence-electron chi connectivity index (χ3n) is 5.63. The van der Waals surface area contributed by atoms with E-state index in [1.807, 2.05) is 6.07 Å². The first-order valence-corrected chi connectivity index (χ1v) is 9.65. The van der Waals surface area contributed by atoms with E-state index >= 15 is 0 Å². The lowest BCUT2D eigenvalue weighted by atomic mass is 9.89. The van der Waals surface area contributed by atoms with Crippen LogP contribution in [0.5, 0.6) is 0 Å². The van der Waals surface area contributed by atoms with Gasteiger partial charge in [0, 0.05) is 5.39 Å². The lowest BCUT2D eigenvalue weighted by molar-refractivity contribution is 0.200. The first-order valence-electron chi connectivity index (χ1n) is 9.65. The molecule has 4 aromatic rings. The summed E-state index contributed by atoms with van der Waals surface area (Å²) in [6, 6.07) is 16.0. The van der Waals surface area contributed by atoms with Crippen LogP contribution in [-0.4, -0.2) is 35.8 Å². The van der Waals surface area contributed by atoms with Gasteiger partial charge in [0.1, 0.15) is 24.8 Å². The molecule has 0 aliphatic carbocycles. The summed E-state index contributed by atoms with van der Waals surface area (Å²) in [5.74, 6) is 1.27. The molecule has 3 heterocycles. The van der Waals surface area contributed by atoms with Crippen molar-refractivity contribution in [3.8, 4) is 0 Å². The molecule has 0 spiro atoms. The van der Waals surface area contributed by atoms with E-state index in [9.17, 15) is 4.79 Å². The van der Waals surface area contributed by atoms with Crippen molar-refractivity contribution in [1.82, 2.24) is 14.9 Å². The van der Waals surface area contributed by atoms with Gasteiger partial charge in [-0.1, -0.05) is 47.9 Å². The summed E-state index contributed by atoms with van der Waals surface area (Å²) in [5.41, 5.74) is 3.27. The fourth-order valence-corrected chi connectivity index (χ4v) is 4.15. The third kappa shape index (κ3) is 3.14. The van der Waals surface area contributed by atoms with Crippen LogP contribution >= 0.6 is 0 Å². The molecule has 0 amide bonds. The number of nitrogens with zero attached hydrogens (tertiary/aromatic N) is 2. The van der Waals surface area contributed by atoms with Crippen LogP contribution in [0.3, 0.4) is 0 Å². The lowest BCUT2D eigenvalue weighted by Gasteiger charge is -2.31. The van der Waals surface area contributed by atoms with Crippen molar-refractivity contribution in [3.63, 3.8) is 0 Å². The fraction of sp³-hybridized carbons (Fsp3) is 0.273. The molecule has 0 unspecified atom stereocenters. The number of rotatable bonds is 3. The lowest BCUT2D eigenvalue weighted by Crippen LogP contribution is -2.33. The quantitative estimate of drug-likeness (QED) is 0.564. The highest BCUT2D eigenvalue weighted by Gasteiger charge is 2.22. The van der Waals surface area contributed by atoms with E-state index in [1.54, 1.807) is 12.1 Å². The average Bonchev–Trinajstić information content (AvgIpc) is 3.08. The number of likely N-dealkylation sites (tertiary alicyclic amines) is 1. The van der Waals surface area contributed by atoms with E-state index in [4.69, 9.17) is 17.2 Å². The maximum atomic E-state index is 12.5. The number of hydrogen-bond donors (Lipinski definition) is 1. The molecular weight excluding hydrogens is 349 g/mol. The van der Waals surface area contributed by atoms with Gasteiger partial charge in [0.05, 0.1) is 6.54 Å². The first kappa shape index (κ1) is 17.3. The van der Waals surface area contributed by atoms with Gasteiger partial charge in [-0.25, -0.2) is 4.98 Å². The van der Waals surface area contributed by atoms with Gasteiger partial charge in [0.15, 0.2) is 0 Å². The van der Waals surface area contributed by atoms with E-state index in [0.29, 0.717) is 34.8 Å². The van der Waals surface area contributed by atoms with E-state index in [-0.39, 0.29) is 11.1 Å². The fourth-order valence-electron chi connectivity index (χ4n) is 4.15. The highest BCUT2D eigenvalue weighted by Crippen LogP contribution is 2.28. The van der Waals surface area contributed by atoms with Crippen molar-refractivity contribution >= 4 is 35.4 Å². The number of aromatic nitrogens is 2. The topological polar surface area (TPSA) is 62.1 Å². The number of nitrogens with one attached hydrogen (secondary N) is 1. The molecule has 1 aliphatic rings. The van der Waals surface area contributed by atoms with Crippen molar-refractivity contribution in [2.45, 2.75) is 25.3 Å². The molecule has 6 heteroatoms. The summed E-state index contributed by atoms with van der Waals surface area (Å²) < 4.78 is 5.67. The van der Waals surface area contributed by atoms with Crippen molar-refractivity contribution in [3.05, 3.63) is 70.3 Å². The van der Waals surface area contributed by atoms with Crippen molar-refractivity contribution in [1.29, 1.82) is 0 Å². The summed E-state index contributed by atoms with van der Waals surface area (Å²) in [4.78, 5) is 22.4. The Labute approximate surface area is 163 Å². The van der Waals surface area contributed by atoms with Gasteiger partial charge in [0.2, 0.25) is 5.58 Å². The zero-order valence-corrected chi connectivity index (χ0v) is 15.5. The molecule has 1 N–H and O–H groups in total. The number of H-pyrrole nitrogens is 1. The highest BCUT2D eigenvalue weighted by atomic mass is 16.3. The highest BCUT2D eigenvalue weighted by molar-refractivity contribution is 6.33. The predicted octanol–water partition coefficient (Wildman–Crippen LogP) is 2.84. The summed E-state index contributed by atoms with van der Waals surface area (Å²) in [5, 5.41) is 0.783. The van der Waals surface area contributed by atoms with Crippen molar-refractivity contribution < 1.29 is 4.42 Å². The Morgan fingerprint density at radius 2 is 1.93 bits per heavy atom. The first-order chi connectivity index (χ1) is 13.7. The maximum absolute atomic E-state index is 12.5. The van der Waals surface area contributed by atoms with Crippen molar-refractivity contribution in [2.75, 3.05) is 13.1 Å². The number of aromatic amines is 1. The molecule has 5 nitrogen and oxygen atoms in total. The second-order valence-electron chi connectivity index (χ2n) is 7.51. The third-order valence-corrected chi connectivity index (χ3v) is 5.63. The molecule has 5 rings (SSSR count). The van der Waals surface area contributed by atoms with Gasteiger partial charge in [-0.3, -0.25) is 9.69 Å². The molecule has 0 atom stereocenters. The summed E-state index contributed by atoms with van der Waals surface area (Å²) in [7, 11) is 5.90. The van der Waals surface area contributed by atoms with E-state index < -0.39 is 0 Å². The van der Waals surface area contributed by atoms with Crippen LogP contribution in [0.1, 0.15) is 30.1 Å². The summed E-state index contributed by atoms with van der Waals surface area (Å²) >= 11 is 0. The monoisotopic (exact) mass is 369 g/mol. The molecule has 2 aromatic heterocycles. The Morgan fingerprint density at radius 3 is 2.71 bits per heavy atom. The van der Waals surface area contributed by atoms with Gasteiger partial charge >= 0.3 is 0 Å². The minimum absolute atomic E-state index is 0.242. The zero-order chi connectivity index (χ0) is 19.1. The van der Waals surface area contributed by atoms with Gasteiger partial charge in [-0.2, -0.15) is 0 Å². The SMILES string of the molecule is [B]c1ccc2oc3c(=O)[nH]c(CN4CCC(c5ccccc5)CC4)nc3c2c1. The van der Waals surface area contributed by atoms with Crippen LogP contribution in [-0.2, 0) is 6.54 Å². The molecule has 1 aliphatic heterocycles. The molecule has 1 saturated heterocycles. The van der Waals surface area contributed by atoms with Crippen LogP contribution in [0.15, 0.2) is 57.7 Å². The number of piperidine rings is 1. The average molecular weight is 369 g/mol. The number of hydrogen-bond acceptors (Lipinski definition) is 4. The zero-order valence-electron chi connectivity index (χ0n) is 15.5. The predicted molar refractivity (Wildman–Crippen MR) is 111 cm³/mol. The van der Waals surface area contributed by atoms with E-state index in [0.717, 1.165) is 31.3 Å².